The summed E-state index contributed by atoms with van der Waals surface area (Å²) in [7, 11) is 1.79. The number of para-hydroxylation sites is 1. The molecule has 2 aromatic carbocycles. The molecule has 7 heteroatoms. The fourth-order valence-electron chi connectivity index (χ4n) is 3.17. The number of aliphatic imine (C=N–C) groups is 1. The Bertz CT molecular complexity index is 779. The van der Waals surface area contributed by atoms with Gasteiger partial charge in [0.2, 0.25) is 0 Å². The van der Waals surface area contributed by atoms with E-state index in [0.29, 0.717) is 0 Å². The summed E-state index contributed by atoms with van der Waals surface area (Å²) in [6.07, 6.45) is 0.993. The lowest BCUT2D eigenvalue weighted by atomic mass is 10.1. The van der Waals surface area contributed by atoms with Crippen molar-refractivity contribution in [3.8, 4) is 0 Å². The number of hydrogen-bond acceptors (Lipinski definition) is 4. The van der Waals surface area contributed by atoms with Crippen LogP contribution in [0.25, 0.3) is 0 Å². The summed E-state index contributed by atoms with van der Waals surface area (Å²) in [5, 5.41) is 6.78. The molecule has 5 nitrogen and oxygen atoms in total. The second kappa shape index (κ2) is 11.7. The van der Waals surface area contributed by atoms with Crippen molar-refractivity contribution >= 4 is 23.4 Å². The van der Waals surface area contributed by atoms with Gasteiger partial charge in [0.05, 0.1) is 13.2 Å². The zero-order valence-corrected chi connectivity index (χ0v) is 17.7. The fourth-order valence-corrected chi connectivity index (χ4v) is 4.03. The van der Waals surface area contributed by atoms with Crippen LogP contribution in [-0.2, 0) is 11.3 Å². The van der Waals surface area contributed by atoms with Crippen LogP contribution in [0.2, 0.25) is 0 Å². The van der Waals surface area contributed by atoms with Crippen molar-refractivity contribution in [2.75, 3.05) is 50.5 Å². The van der Waals surface area contributed by atoms with Crippen molar-refractivity contribution in [3.05, 3.63) is 59.9 Å². The number of morpholine rings is 1. The largest absolute Gasteiger partial charge is 0.378 e. The summed E-state index contributed by atoms with van der Waals surface area (Å²) in [6.45, 7) is 4.96. The Morgan fingerprint density at radius 2 is 1.86 bits per heavy atom. The molecule has 29 heavy (non-hydrogen) atoms. The van der Waals surface area contributed by atoms with Gasteiger partial charge in [-0.15, -0.1) is 11.8 Å². The molecule has 2 aromatic rings. The van der Waals surface area contributed by atoms with Crippen LogP contribution in [0.15, 0.2) is 58.4 Å². The molecule has 2 N–H and O–H groups in total. The molecule has 1 aliphatic rings. The van der Waals surface area contributed by atoms with Gasteiger partial charge in [-0.25, -0.2) is 4.39 Å². The minimum Gasteiger partial charge on any atom is -0.378 e. The van der Waals surface area contributed by atoms with E-state index in [1.165, 1.54) is 23.4 Å². The van der Waals surface area contributed by atoms with E-state index in [-0.39, 0.29) is 5.82 Å². The SMILES string of the molecule is CN=C(NCCCSc1ccc(F)cc1)NCc1ccccc1N1CCOCC1. The molecule has 0 spiro atoms. The summed E-state index contributed by atoms with van der Waals surface area (Å²) >= 11 is 1.73. The Labute approximate surface area is 176 Å². The van der Waals surface area contributed by atoms with Crippen LogP contribution >= 0.6 is 11.8 Å². The Balaban J connectivity index is 1.41. The Morgan fingerprint density at radius 3 is 2.62 bits per heavy atom. The maximum Gasteiger partial charge on any atom is 0.191 e. The van der Waals surface area contributed by atoms with Gasteiger partial charge in [0, 0.05) is 43.8 Å². The quantitative estimate of drug-likeness (QED) is 0.299. The predicted octanol–water partition coefficient (Wildman–Crippen LogP) is 3.51. The predicted molar refractivity (Wildman–Crippen MR) is 119 cm³/mol. The molecule has 0 amide bonds. The highest BCUT2D eigenvalue weighted by atomic mass is 32.2. The highest BCUT2D eigenvalue weighted by molar-refractivity contribution is 7.99. The zero-order chi connectivity index (χ0) is 20.3. The minimum atomic E-state index is -0.193. The zero-order valence-electron chi connectivity index (χ0n) is 16.9. The molecule has 0 aliphatic carbocycles. The van der Waals surface area contributed by atoms with Crippen LogP contribution in [0, 0.1) is 5.82 Å². The van der Waals surface area contributed by atoms with Gasteiger partial charge in [-0.2, -0.15) is 0 Å². The van der Waals surface area contributed by atoms with Crippen molar-refractivity contribution in [2.45, 2.75) is 17.9 Å². The van der Waals surface area contributed by atoms with Crippen LogP contribution in [0.1, 0.15) is 12.0 Å². The first-order valence-electron chi connectivity index (χ1n) is 10.00. The Morgan fingerprint density at radius 1 is 1.10 bits per heavy atom. The number of ether oxygens (including phenoxy) is 1. The van der Waals surface area contributed by atoms with Gasteiger partial charge < -0.3 is 20.3 Å². The van der Waals surface area contributed by atoms with Gasteiger partial charge in [0.1, 0.15) is 5.82 Å². The second-order valence-corrected chi connectivity index (χ2v) is 7.90. The summed E-state index contributed by atoms with van der Waals surface area (Å²) in [6, 6.07) is 15.1. The molecule has 0 radical (unpaired) electrons. The maximum atomic E-state index is 12.9. The first kappa shape index (κ1) is 21.5. The molecule has 0 saturated carbocycles. The first-order chi connectivity index (χ1) is 14.3. The average molecular weight is 417 g/mol. The second-order valence-electron chi connectivity index (χ2n) is 6.74. The number of guanidine groups is 1. The lowest BCUT2D eigenvalue weighted by Crippen LogP contribution is -2.39. The topological polar surface area (TPSA) is 48.9 Å². The van der Waals surface area contributed by atoms with E-state index >= 15 is 0 Å². The number of nitrogens with zero attached hydrogens (tertiary/aromatic N) is 2. The van der Waals surface area contributed by atoms with E-state index in [9.17, 15) is 4.39 Å². The third kappa shape index (κ3) is 6.94. The number of halogens is 1. The molecular formula is C22H29FN4OS. The molecular weight excluding hydrogens is 387 g/mol. The summed E-state index contributed by atoms with van der Waals surface area (Å²) in [4.78, 5) is 7.79. The van der Waals surface area contributed by atoms with Crippen molar-refractivity contribution in [1.82, 2.24) is 10.6 Å². The number of benzene rings is 2. The summed E-state index contributed by atoms with van der Waals surface area (Å²) < 4.78 is 18.4. The normalized spacial score (nSPS) is 14.7. The van der Waals surface area contributed by atoms with Crippen molar-refractivity contribution in [1.29, 1.82) is 0 Å². The molecule has 0 aromatic heterocycles. The Hall–Kier alpha value is -2.25. The van der Waals surface area contributed by atoms with Gasteiger partial charge >= 0.3 is 0 Å². The monoisotopic (exact) mass is 416 g/mol. The number of rotatable bonds is 8. The van der Waals surface area contributed by atoms with E-state index in [0.717, 1.165) is 62.4 Å². The average Bonchev–Trinajstić information content (AvgIpc) is 2.77. The van der Waals surface area contributed by atoms with E-state index < -0.39 is 0 Å². The molecule has 1 fully saturated rings. The van der Waals surface area contributed by atoms with Gasteiger partial charge in [-0.05, 0) is 48.1 Å². The first-order valence-corrected chi connectivity index (χ1v) is 11.0. The smallest absolute Gasteiger partial charge is 0.191 e. The third-order valence-electron chi connectivity index (χ3n) is 4.71. The van der Waals surface area contributed by atoms with Crippen molar-refractivity contribution in [2.24, 2.45) is 4.99 Å². The third-order valence-corrected chi connectivity index (χ3v) is 5.81. The molecule has 1 aliphatic heterocycles. The van der Waals surface area contributed by atoms with E-state index in [1.807, 2.05) is 12.1 Å². The summed E-state index contributed by atoms with van der Waals surface area (Å²) in [5.41, 5.74) is 2.51. The highest BCUT2D eigenvalue weighted by Gasteiger charge is 2.14. The van der Waals surface area contributed by atoms with Gasteiger partial charge in [-0.1, -0.05) is 18.2 Å². The molecule has 1 heterocycles. The number of hydrogen-bond donors (Lipinski definition) is 2. The van der Waals surface area contributed by atoms with Gasteiger partial charge in [0.15, 0.2) is 5.96 Å². The van der Waals surface area contributed by atoms with Gasteiger partial charge in [-0.3, -0.25) is 4.99 Å². The van der Waals surface area contributed by atoms with E-state index in [2.05, 4.69) is 44.8 Å². The molecule has 0 unspecified atom stereocenters. The maximum absolute atomic E-state index is 12.9. The van der Waals surface area contributed by atoms with E-state index in [1.54, 1.807) is 18.8 Å². The molecule has 3 rings (SSSR count). The summed E-state index contributed by atoms with van der Waals surface area (Å²) in [5.74, 6) is 1.57. The molecule has 1 saturated heterocycles. The highest BCUT2D eigenvalue weighted by Crippen LogP contribution is 2.21. The molecule has 0 bridgehead atoms. The van der Waals surface area contributed by atoms with Crippen LogP contribution in [0.3, 0.4) is 0 Å². The van der Waals surface area contributed by atoms with Crippen molar-refractivity contribution < 1.29 is 9.13 Å². The number of nitrogens with one attached hydrogen (secondary N) is 2. The lowest BCUT2D eigenvalue weighted by Gasteiger charge is -2.30. The van der Waals surface area contributed by atoms with Crippen LogP contribution in [0.5, 0.6) is 0 Å². The number of thioether (sulfide) groups is 1. The minimum absolute atomic E-state index is 0.193. The van der Waals surface area contributed by atoms with Gasteiger partial charge in [0.25, 0.3) is 0 Å². The fraction of sp³-hybridized carbons (Fsp3) is 0.409. The number of anilines is 1. The van der Waals surface area contributed by atoms with Crippen molar-refractivity contribution in [3.63, 3.8) is 0 Å². The standard InChI is InChI=1S/C22H29FN4OS/c1-24-22(25-11-4-16-29-20-9-7-19(23)8-10-20)26-17-18-5-2-3-6-21(18)27-12-14-28-15-13-27/h2-3,5-10H,4,11-17H2,1H3,(H2,24,25,26). The molecule has 0 atom stereocenters. The Kier molecular flexibility index (Phi) is 8.64. The van der Waals surface area contributed by atoms with Crippen LogP contribution < -0.4 is 15.5 Å². The van der Waals surface area contributed by atoms with Crippen LogP contribution in [0.4, 0.5) is 10.1 Å². The lowest BCUT2D eigenvalue weighted by molar-refractivity contribution is 0.122. The van der Waals surface area contributed by atoms with E-state index in [4.69, 9.17) is 4.74 Å². The molecule has 156 valence electrons. The van der Waals surface area contributed by atoms with Crippen LogP contribution in [-0.4, -0.2) is 51.6 Å².